The lowest BCUT2D eigenvalue weighted by atomic mass is 10.1. The quantitative estimate of drug-likeness (QED) is 0.756. The molecule has 0 unspecified atom stereocenters. The topological polar surface area (TPSA) is 81.8 Å². The molecular weight excluding hydrogens is 342 g/mol. The largest absolute Gasteiger partial charge is 0.346 e. The number of hydrogen-bond donors (Lipinski definition) is 1. The van der Waals surface area contributed by atoms with Gasteiger partial charge in [-0.2, -0.15) is 0 Å². The maximum absolute atomic E-state index is 12.8. The maximum atomic E-state index is 12.8. The summed E-state index contributed by atoms with van der Waals surface area (Å²) in [6.45, 7) is 3.83. The molecule has 1 aliphatic rings. The van der Waals surface area contributed by atoms with Crippen molar-refractivity contribution in [3.63, 3.8) is 0 Å². The minimum Gasteiger partial charge on any atom is -0.324 e. The first-order valence-corrected chi connectivity index (χ1v) is 8.99. The number of carbonyl (C=O) groups excluding carboxylic acids is 1. The second kappa shape index (κ2) is 6.83. The SMILES string of the molecule is Cc1cc(C)cc(NC(=O)Cn2nc(-c3cccnc3)n(C3CC3)c2=O)c1. The standard InChI is InChI=1S/C20H21N5O2/c1-13-8-14(2)10-16(9-13)22-18(26)12-24-20(27)25(17-5-6-17)19(23-24)15-4-3-7-21-11-15/h3-4,7-11,17H,5-6,12H2,1-2H3,(H,22,26). The monoisotopic (exact) mass is 363 g/mol. The zero-order valence-corrected chi connectivity index (χ0v) is 15.3. The Morgan fingerprint density at radius 3 is 2.59 bits per heavy atom. The van der Waals surface area contributed by atoms with Gasteiger partial charge < -0.3 is 5.32 Å². The number of carbonyl (C=O) groups is 1. The highest BCUT2D eigenvalue weighted by Crippen LogP contribution is 2.36. The van der Waals surface area contributed by atoms with Crippen LogP contribution in [0.1, 0.15) is 30.0 Å². The second-order valence-corrected chi connectivity index (χ2v) is 7.03. The van der Waals surface area contributed by atoms with E-state index in [0.717, 1.165) is 35.2 Å². The summed E-state index contributed by atoms with van der Waals surface area (Å²) in [4.78, 5) is 29.4. The van der Waals surface area contributed by atoms with Crippen LogP contribution in [-0.2, 0) is 11.3 Å². The minimum atomic E-state index is -0.278. The number of aryl methyl sites for hydroxylation is 2. The average molecular weight is 363 g/mol. The molecule has 0 bridgehead atoms. The maximum Gasteiger partial charge on any atom is 0.346 e. The molecule has 7 heteroatoms. The summed E-state index contributed by atoms with van der Waals surface area (Å²) in [7, 11) is 0. The van der Waals surface area contributed by atoms with E-state index < -0.39 is 0 Å². The van der Waals surface area contributed by atoms with Crippen LogP contribution in [0, 0.1) is 13.8 Å². The Balaban J connectivity index is 1.60. The molecule has 1 aliphatic carbocycles. The van der Waals surface area contributed by atoms with Crippen LogP contribution >= 0.6 is 0 Å². The summed E-state index contributed by atoms with van der Waals surface area (Å²) >= 11 is 0. The van der Waals surface area contributed by atoms with E-state index in [2.05, 4.69) is 15.4 Å². The molecule has 0 spiro atoms. The molecule has 1 amide bonds. The molecule has 7 nitrogen and oxygen atoms in total. The first kappa shape index (κ1) is 17.2. The molecule has 2 aromatic heterocycles. The van der Waals surface area contributed by atoms with Crippen molar-refractivity contribution >= 4 is 11.6 Å². The first-order valence-electron chi connectivity index (χ1n) is 8.99. The Hall–Kier alpha value is -3.22. The fourth-order valence-electron chi connectivity index (χ4n) is 3.26. The van der Waals surface area contributed by atoms with E-state index in [1.165, 1.54) is 4.68 Å². The van der Waals surface area contributed by atoms with Gasteiger partial charge in [0.25, 0.3) is 0 Å². The van der Waals surface area contributed by atoms with Crippen molar-refractivity contribution in [1.29, 1.82) is 0 Å². The van der Waals surface area contributed by atoms with Crippen LogP contribution < -0.4 is 11.0 Å². The molecule has 0 saturated heterocycles. The van der Waals surface area contributed by atoms with Crippen LogP contribution in [0.4, 0.5) is 5.69 Å². The van der Waals surface area contributed by atoms with Crippen LogP contribution in [0.2, 0.25) is 0 Å². The molecule has 1 saturated carbocycles. The van der Waals surface area contributed by atoms with Crippen molar-refractivity contribution in [1.82, 2.24) is 19.3 Å². The molecule has 2 heterocycles. The van der Waals surface area contributed by atoms with Crippen molar-refractivity contribution in [2.75, 3.05) is 5.32 Å². The van der Waals surface area contributed by atoms with E-state index in [1.54, 1.807) is 17.0 Å². The van der Waals surface area contributed by atoms with Gasteiger partial charge in [-0.3, -0.25) is 14.3 Å². The number of amides is 1. The van der Waals surface area contributed by atoms with E-state index >= 15 is 0 Å². The predicted octanol–water partition coefficient (Wildman–Crippen LogP) is 2.70. The van der Waals surface area contributed by atoms with Crippen LogP contribution in [-0.4, -0.2) is 25.2 Å². The van der Waals surface area contributed by atoms with Gasteiger partial charge in [0.2, 0.25) is 5.91 Å². The Morgan fingerprint density at radius 2 is 1.96 bits per heavy atom. The van der Waals surface area contributed by atoms with Crippen LogP contribution in [0.15, 0.2) is 47.5 Å². The van der Waals surface area contributed by atoms with Crippen molar-refractivity contribution < 1.29 is 4.79 Å². The van der Waals surface area contributed by atoms with E-state index in [4.69, 9.17) is 0 Å². The Labute approximate surface area is 156 Å². The Bertz CT molecular complexity index is 1030. The molecule has 4 rings (SSSR count). The van der Waals surface area contributed by atoms with Gasteiger partial charge >= 0.3 is 5.69 Å². The van der Waals surface area contributed by atoms with Gasteiger partial charge in [0.05, 0.1) is 0 Å². The van der Waals surface area contributed by atoms with Crippen LogP contribution in [0.3, 0.4) is 0 Å². The summed E-state index contributed by atoms with van der Waals surface area (Å²) < 4.78 is 2.92. The number of rotatable bonds is 5. The first-order chi connectivity index (χ1) is 13.0. The van der Waals surface area contributed by atoms with Gasteiger partial charge in [-0.1, -0.05) is 6.07 Å². The zero-order valence-electron chi connectivity index (χ0n) is 15.3. The molecule has 1 N–H and O–H groups in total. The van der Waals surface area contributed by atoms with Gasteiger partial charge in [0.15, 0.2) is 5.82 Å². The third-order valence-corrected chi connectivity index (χ3v) is 4.50. The smallest absolute Gasteiger partial charge is 0.324 e. The van der Waals surface area contributed by atoms with Gasteiger partial charge in [0, 0.05) is 29.7 Å². The van der Waals surface area contributed by atoms with Gasteiger partial charge in [0.1, 0.15) is 6.54 Å². The fraction of sp³-hybridized carbons (Fsp3) is 0.300. The Morgan fingerprint density at radius 1 is 1.22 bits per heavy atom. The van der Waals surface area contributed by atoms with Crippen LogP contribution in [0.5, 0.6) is 0 Å². The van der Waals surface area contributed by atoms with E-state index in [9.17, 15) is 9.59 Å². The van der Waals surface area contributed by atoms with E-state index in [-0.39, 0.29) is 24.2 Å². The predicted molar refractivity (Wildman–Crippen MR) is 103 cm³/mol. The number of aromatic nitrogens is 4. The van der Waals surface area contributed by atoms with Crippen LogP contribution in [0.25, 0.3) is 11.4 Å². The van der Waals surface area contributed by atoms with Gasteiger partial charge in [-0.05, 0) is 62.1 Å². The van der Waals surface area contributed by atoms with Gasteiger partial charge in [-0.15, -0.1) is 5.10 Å². The van der Waals surface area contributed by atoms with Crippen molar-refractivity contribution in [3.05, 3.63) is 64.3 Å². The molecule has 0 aliphatic heterocycles. The van der Waals surface area contributed by atoms with E-state index in [0.29, 0.717) is 5.82 Å². The third kappa shape index (κ3) is 3.67. The Kier molecular flexibility index (Phi) is 4.35. The summed E-state index contributed by atoms with van der Waals surface area (Å²) in [5.74, 6) is 0.287. The highest BCUT2D eigenvalue weighted by Gasteiger charge is 2.30. The second-order valence-electron chi connectivity index (χ2n) is 7.03. The molecule has 0 atom stereocenters. The third-order valence-electron chi connectivity index (χ3n) is 4.50. The molecule has 138 valence electrons. The number of nitrogens with zero attached hydrogens (tertiary/aromatic N) is 4. The lowest BCUT2D eigenvalue weighted by molar-refractivity contribution is -0.117. The normalized spacial score (nSPS) is 13.6. The number of anilines is 1. The molecule has 1 aromatic carbocycles. The summed E-state index contributed by atoms with van der Waals surface area (Å²) in [5, 5.41) is 7.28. The minimum absolute atomic E-state index is 0.126. The van der Waals surface area contributed by atoms with Crippen molar-refractivity contribution in [2.45, 2.75) is 39.3 Å². The summed E-state index contributed by atoms with van der Waals surface area (Å²) in [6, 6.07) is 9.67. The number of nitrogens with one attached hydrogen (secondary N) is 1. The number of pyridine rings is 1. The number of hydrogen-bond acceptors (Lipinski definition) is 4. The van der Waals surface area contributed by atoms with E-state index in [1.807, 2.05) is 44.2 Å². The number of benzene rings is 1. The lowest BCUT2D eigenvalue weighted by Crippen LogP contribution is -2.30. The molecule has 0 radical (unpaired) electrons. The molecule has 3 aromatic rings. The van der Waals surface area contributed by atoms with Crippen molar-refractivity contribution in [2.24, 2.45) is 0 Å². The van der Waals surface area contributed by atoms with Crippen molar-refractivity contribution in [3.8, 4) is 11.4 Å². The summed E-state index contributed by atoms with van der Waals surface area (Å²) in [5.41, 5.74) is 3.38. The zero-order chi connectivity index (χ0) is 19.0. The average Bonchev–Trinajstić information content (AvgIpc) is 3.40. The summed E-state index contributed by atoms with van der Waals surface area (Å²) in [6.07, 6.45) is 5.26. The molecular formula is C20H21N5O2. The lowest BCUT2D eigenvalue weighted by Gasteiger charge is -2.07. The van der Waals surface area contributed by atoms with Gasteiger partial charge in [-0.25, -0.2) is 9.48 Å². The highest BCUT2D eigenvalue weighted by molar-refractivity contribution is 5.90. The molecule has 1 fully saturated rings. The molecule has 27 heavy (non-hydrogen) atoms. The highest BCUT2D eigenvalue weighted by atomic mass is 16.2. The fourth-order valence-corrected chi connectivity index (χ4v) is 3.26.